The maximum atomic E-state index is 2.53. The maximum Gasteiger partial charge on any atom is -0.0166 e. The summed E-state index contributed by atoms with van der Waals surface area (Å²) in [5.41, 5.74) is 2.04. The third-order valence-corrected chi connectivity index (χ3v) is 8.95. The van der Waals surface area contributed by atoms with Crippen molar-refractivity contribution in [3.8, 4) is 0 Å². The second kappa shape index (κ2) is 6.09. The molecule has 0 spiro atoms. The molecule has 0 bridgehead atoms. The molecule has 2 fully saturated rings. The lowest BCUT2D eigenvalue weighted by Crippen LogP contribution is -2.19. The van der Waals surface area contributed by atoms with Crippen molar-refractivity contribution < 1.29 is 0 Å². The summed E-state index contributed by atoms with van der Waals surface area (Å²) in [6.45, 7) is 0. The van der Waals surface area contributed by atoms with Gasteiger partial charge in [0.1, 0.15) is 0 Å². The standard InChI is InChI=1S/C20H25P/c1-2-8-17-15-20(14-13-16(17)7-1)21(18-9-3-4-10-18)19-11-5-6-12-19/h1-2,7-8,13-15,18-19H,3-6,9-12H2. The fraction of sp³-hybridized carbons (Fsp3) is 0.500. The van der Waals surface area contributed by atoms with Gasteiger partial charge in [0.2, 0.25) is 0 Å². The van der Waals surface area contributed by atoms with E-state index in [0.717, 1.165) is 11.3 Å². The molecular formula is C20H25P. The van der Waals surface area contributed by atoms with Crippen molar-refractivity contribution in [2.24, 2.45) is 0 Å². The van der Waals surface area contributed by atoms with Crippen molar-refractivity contribution in [3.63, 3.8) is 0 Å². The van der Waals surface area contributed by atoms with Crippen LogP contribution in [0.1, 0.15) is 51.4 Å². The van der Waals surface area contributed by atoms with Crippen LogP contribution in [0.3, 0.4) is 0 Å². The number of rotatable bonds is 3. The van der Waals surface area contributed by atoms with E-state index in [2.05, 4.69) is 42.5 Å². The van der Waals surface area contributed by atoms with Gasteiger partial charge in [0.05, 0.1) is 0 Å². The van der Waals surface area contributed by atoms with Gasteiger partial charge >= 0.3 is 0 Å². The Hall–Kier alpha value is -0.870. The second-order valence-corrected chi connectivity index (χ2v) is 9.61. The second-order valence-electron chi connectivity index (χ2n) is 6.82. The van der Waals surface area contributed by atoms with Gasteiger partial charge in [-0.15, -0.1) is 0 Å². The number of hydrogen-bond acceptors (Lipinski definition) is 0. The maximum absolute atomic E-state index is 2.53. The molecule has 0 N–H and O–H groups in total. The van der Waals surface area contributed by atoms with Gasteiger partial charge in [0.25, 0.3) is 0 Å². The number of hydrogen-bond donors (Lipinski definition) is 0. The van der Waals surface area contributed by atoms with E-state index in [0.29, 0.717) is 0 Å². The average molecular weight is 296 g/mol. The van der Waals surface area contributed by atoms with E-state index in [1.165, 1.54) is 62.1 Å². The number of benzene rings is 2. The molecule has 0 heterocycles. The molecule has 0 atom stereocenters. The van der Waals surface area contributed by atoms with E-state index >= 15 is 0 Å². The molecule has 1 heteroatoms. The summed E-state index contributed by atoms with van der Waals surface area (Å²) in [5.74, 6) is 0. The Morgan fingerprint density at radius 1 is 0.667 bits per heavy atom. The summed E-state index contributed by atoms with van der Waals surface area (Å²) in [6.07, 6.45) is 11.9. The summed E-state index contributed by atoms with van der Waals surface area (Å²) in [7, 11) is 0.0688. The van der Waals surface area contributed by atoms with Gasteiger partial charge in [-0.3, -0.25) is 0 Å². The Morgan fingerprint density at radius 2 is 1.24 bits per heavy atom. The van der Waals surface area contributed by atoms with Gasteiger partial charge in [-0.25, -0.2) is 0 Å². The minimum Gasteiger partial charge on any atom is -0.0689 e. The molecule has 2 aliphatic carbocycles. The van der Waals surface area contributed by atoms with Crippen LogP contribution in [-0.4, -0.2) is 11.3 Å². The summed E-state index contributed by atoms with van der Waals surface area (Å²) in [6, 6.07) is 16.2. The summed E-state index contributed by atoms with van der Waals surface area (Å²) >= 11 is 0. The van der Waals surface area contributed by atoms with Crippen molar-refractivity contribution >= 4 is 24.0 Å². The molecule has 0 radical (unpaired) electrons. The van der Waals surface area contributed by atoms with Crippen LogP contribution in [0.4, 0.5) is 0 Å². The lowest BCUT2D eigenvalue weighted by Gasteiger charge is -2.30. The Labute approximate surface area is 129 Å². The first-order valence-corrected chi connectivity index (χ1v) is 10.2. The van der Waals surface area contributed by atoms with Gasteiger partial charge in [0.15, 0.2) is 0 Å². The first kappa shape index (κ1) is 13.8. The van der Waals surface area contributed by atoms with Gasteiger partial charge in [-0.05, 0) is 59.1 Å². The molecule has 0 amide bonds. The topological polar surface area (TPSA) is 0 Å². The van der Waals surface area contributed by atoms with Crippen LogP contribution < -0.4 is 5.30 Å². The fourth-order valence-electron chi connectivity index (χ4n) is 4.42. The Balaban J connectivity index is 1.72. The molecule has 2 saturated carbocycles. The Kier molecular flexibility index (Phi) is 3.99. The van der Waals surface area contributed by atoms with Crippen LogP contribution in [0, 0.1) is 0 Å². The van der Waals surface area contributed by atoms with Gasteiger partial charge in [0, 0.05) is 0 Å². The van der Waals surface area contributed by atoms with E-state index in [9.17, 15) is 0 Å². The minimum absolute atomic E-state index is 0.0688. The van der Waals surface area contributed by atoms with Crippen LogP contribution in [0.15, 0.2) is 42.5 Å². The monoisotopic (exact) mass is 296 g/mol. The van der Waals surface area contributed by atoms with Crippen LogP contribution in [0.25, 0.3) is 10.8 Å². The molecule has 110 valence electrons. The SMILES string of the molecule is c1ccc2cc(P(C3CCCC3)C3CCCC3)ccc2c1. The molecule has 0 unspecified atom stereocenters. The van der Waals surface area contributed by atoms with Gasteiger partial charge in [-0.1, -0.05) is 70.0 Å². The van der Waals surface area contributed by atoms with E-state index in [1.54, 1.807) is 5.30 Å². The molecule has 2 aromatic rings. The molecular weight excluding hydrogens is 271 g/mol. The van der Waals surface area contributed by atoms with Crippen LogP contribution >= 0.6 is 7.92 Å². The highest BCUT2D eigenvalue weighted by Crippen LogP contribution is 2.56. The summed E-state index contributed by atoms with van der Waals surface area (Å²) in [4.78, 5) is 0. The van der Waals surface area contributed by atoms with Crippen LogP contribution in [0.2, 0.25) is 0 Å². The molecule has 0 saturated heterocycles. The Morgan fingerprint density at radius 3 is 1.86 bits per heavy atom. The predicted octanol–water partition coefficient (Wildman–Crippen LogP) is 5.83. The summed E-state index contributed by atoms with van der Waals surface area (Å²) < 4.78 is 0. The highest BCUT2D eigenvalue weighted by atomic mass is 31.1. The lowest BCUT2D eigenvalue weighted by atomic mass is 10.1. The minimum atomic E-state index is 0.0688. The van der Waals surface area contributed by atoms with Crippen molar-refractivity contribution in [1.29, 1.82) is 0 Å². The van der Waals surface area contributed by atoms with Crippen molar-refractivity contribution in [3.05, 3.63) is 42.5 Å². The molecule has 2 aromatic carbocycles. The molecule has 2 aliphatic rings. The normalized spacial score (nSPS) is 20.8. The van der Waals surface area contributed by atoms with E-state index in [4.69, 9.17) is 0 Å². The average Bonchev–Trinajstić information content (AvgIpc) is 3.21. The summed E-state index contributed by atoms with van der Waals surface area (Å²) in [5, 5.41) is 4.54. The zero-order valence-corrected chi connectivity index (χ0v) is 13.7. The largest absolute Gasteiger partial charge is 0.0689 e. The molecule has 0 nitrogen and oxygen atoms in total. The van der Waals surface area contributed by atoms with E-state index < -0.39 is 0 Å². The zero-order chi connectivity index (χ0) is 14.1. The third kappa shape index (κ3) is 2.76. The highest BCUT2D eigenvalue weighted by molar-refractivity contribution is 7.67. The quantitative estimate of drug-likeness (QED) is 0.625. The van der Waals surface area contributed by atoms with Crippen LogP contribution in [0.5, 0.6) is 0 Å². The van der Waals surface area contributed by atoms with Crippen molar-refractivity contribution in [1.82, 2.24) is 0 Å². The van der Waals surface area contributed by atoms with E-state index in [1.807, 2.05) is 0 Å². The predicted molar refractivity (Wildman–Crippen MR) is 95.0 cm³/mol. The molecule has 21 heavy (non-hydrogen) atoms. The molecule has 0 aliphatic heterocycles. The first-order chi connectivity index (χ1) is 10.4. The first-order valence-electron chi connectivity index (χ1n) is 8.69. The highest BCUT2D eigenvalue weighted by Gasteiger charge is 2.33. The van der Waals surface area contributed by atoms with Crippen LogP contribution in [-0.2, 0) is 0 Å². The lowest BCUT2D eigenvalue weighted by molar-refractivity contribution is 0.835. The molecule has 0 aromatic heterocycles. The zero-order valence-electron chi connectivity index (χ0n) is 12.8. The van der Waals surface area contributed by atoms with E-state index in [-0.39, 0.29) is 7.92 Å². The number of fused-ring (bicyclic) bond motifs is 1. The fourth-order valence-corrected chi connectivity index (χ4v) is 8.24. The van der Waals surface area contributed by atoms with Gasteiger partial charge in [-0.2, -0.15) is 0 Å². The van der Waals surface area contributed by atoms with Crippen molar-refractivity contribution in [2.75, 3.05) is 0 Å². The smallest absolute Gasteiger partial charge is 0.0166 e. The van der Waals surface area contributed by atoms with Gasteiger partial charge < -0.3 is 0 Å². The van der Waals surface area contributed by atoms with Crippen molar-refractivity contribution in [2.45, 2.75) is 62.7 Å². The molecule has 4 rings (SSSR count). The third-order valence-electron chi connectivity index (χ3n) is 5.47. The Bertz CT molecular complexity index is 590.